The molecular formula is C20H29N3O2. The average Bonchev–Trinajstić information content (AvgIpc) is 2.65. The zero-order valence-electron chi connectivity index (χ0n) is 15.0. The number of piperidine rings is 1. The van der Waals surface area contributed by atoms with Crippen molar-refractivity contribution < 1.29 is 9.59 Å². The van der Waals surface area contributed by atoms with Crippen molar-refractivity contribution in [2.45, 2.75) is 57.5 Å². The minimum absolute atomic E-state index is 0.0282. The van der Waals surface area contributed by atoms with Gasteiger partial charge >= 0.3 is 6.03 Å². The molecule has 1 aliphatic carbocycles. The lowest BCUT2D eigenvalue weighted by Gasteiger charge is -2.35. The molecule has 2 atom stereocenters. The lowest BCUT2D eigenvalue weighted by Crippen LogP contribution is -2.52. The van der Waals surface area contributed by atoms with Crippen molar-refractivity contribution in [2.24, 2.45) is 5.92 Å². The topological polar surface area (TPSA) is 61.4 Å². The molecule has 0 bridgehead atoms. The summed E-state index contributed by atoms with van der Waals surface area (Å²) in [4.78, 5) is 26.6. The highest BCUT2D eigenvalue weighted by Gasteiger charge is 2.28. The van der Waals surface area contributed by atoms with Crippen LogP contribution in [0, 0.1) is 5.92 Å². The molecule has 2 fully saturated rings. The van der Waals surface area contributed by atoms with Gasteiger partial charge in [-0.15, -0.1) is 0 Å². The van der Waals surface area contributed by atoms with Crippen LogP contribution in [-0.4, -0.2) is 42.0 Å². The van der Waals surface area contributed by atoms with Crippen molar-refractivity contribution >= 4 is 11.9 Å². The quantitative estimate of drug-likeness (QED) is 0.885. The van der Waals surface area contributed by atoms with E-state index in [1.807, 2.05) is 35.2 Å². The Kier molecular flexibility index (Phi) is 5.95. The van der Waals surface area contributed by atoms with Crippen LogP contribution in [0.3, 0.4) is 0 Å². The van der Waals surface area contributed by atoms with Crippen LogP contribution in [0.1, 0.15) is 55.8 Å². The minimum atomic E-state index is -0.0282. The molecule has 3 rings (SSSR count). The van der Waals surface area contributed by atoms with Gasteiger partial charge in [-0.3, -0.25) is 4.79 Å². The predicted molar refractivity (Wildman–Crippen MR) is 98.5 cm³/mol. The van der Waals surface area contributed by atoms with Gasteiger partial charge in [0.05, 0.1) is 0 Å². The molecule has 5 heteroatoms. The Hall–Kier alpha value is -2.04. The summed E-state index contributed by atoms with van der Waals surface area (Å²) < 4.78 is 0. The largest absolute Gasteiger partial charge is 0.349 e. The van der Waals surface area contributed by atoms with Gasteiger partial charge in [0.1, 0.15) is 0 Å². The first-order chi connectivity index (χ1) is 12.1. The summed E-state index contributed by atoms with van der Waals surface area (Å²) in [6, 6.07) is 9.81. The zero-order chi connectivity index (χ0) is 17.6. The molecule has 3 amide bonds. The van der Waals surface area contributed by atoms with Crippen LogP contribution >= 0.6 is 0 Å². The monoisotopic (exact) mass is 343 g/mol. The second-order valence-electron chi connectivity index (χ2n) is 7.42. The highest BCUT2D eigenvalue weighted by Crippen LogP contribution is 2.24. The molecule has 1 aromatic rings. The molecule has 2 aliphatic rings. The third-order valence-electron chi connectivity index (χ3n) is 5.57. The van der Waals surface area contributed by atoms with Crippen LogP contribution in [0.2, 0.25) is 0 Å². The van der Waals surface area contributed by atoms with E-state index in [-0.39, 0.29) is 18.0 Å². The molecule has 136 valence electrons. The molecule has 0 aromatic heterocycles. The van der Waals surface area contributed by atoms with Crippen molar-refractivity contribution in [3.05, 3.63) is 35.9 Å². The lowest BCUT2D eigenvalue weighted by molar-refractivity contribution is 0.0917. The molecule has 0 radical (unpaired) electrons. The van der Waals surface area contributed by atoms with E-state index in [2.05, 4.69) is 17.6 Å². The van der Waals surface area contributed by atoms with Crippen LogP contribution in [0.25, 0.3) is 0 Å². The number of rotatable bonds is 3. The van der Waals surface area contributed by atoms with Crippen LogP contribution in [0.5, 0.6) is 0 Å². The van der Waals surface area contributed by atoms with Gasteiger partial charge in [-0.05, 0) is 43.7 Å². The SMILES string of the molecule is CC1CCCCC1NC(=O)N1CCC(NC(=O)c2ccccc2)CC1. The van der Waals surface area contributed by atoms with Crippen molar-refractivity contribution in [1.29, 1.82) is 0 Å². The van der Waals surface area contributed by atoms with E-state index >= 15 is 0 Å². The summed E-state index contributed by atoms with van der Waals surface area (Å²) in [7, 11) is 0. The summed E-state index contributed by atoms with van der Waals surface area (Å²) in [5.74, 6) is 0.542. The fourth-order valence-electron chi connectivity index (χ4n) is 3.87. The average molecular weight is 343 g/mol. The number of urea groups is 1. The standard InChI is InChI=1S/C20H29N3O2/c1-15-7-5-6-10-18(15)22-20(25)23-13-11-17(12-14-23)21-19(24)16-8-3-2-4-9-16/h2-4,8-9,15,17-18H,5-7,10-14H2,1H3,(H,21,24)(H,22,25). The summed E-state index contributed by atoms with van der Waals surface area (Å²) >= 11 is 0. The van der Waals surface area contributed by atoms with E-state index in [0.29, 0.717) is 30.6 Å². The number of hydrogen-bond acceptors (Lipinski definition) is 2. The van der Waals surface area contributed by atoms with Crippen LogP contribution < -0.4 is 10.6 Å². The highest BCUT2D eigenvalue weighted by atomic mass is 16.2. The van der Waals surface area contributed by atoms with E-state index in [4.69, 9.17) is 0 Å². The molecule has 2 N–H and O–H groups in total. The second-order valence-corrected chi connectivity index (χ2v) is 7.42. The molecule has 5 nitrogen and oxygen atoms in total. The third-order valence-corrected chi connectivity index (χ3v) is 5.57. The number of hydrogen-bond donors (Lipinski definition) is 2. The number of carbonyl (C=O) groups is 2. The van der Waals surface area contributed by atoms with Gasteiger partial charge in [0.2, 0.25) is 0 Å². The normalized spacial score (nSPS) is 24.6. The first-order valence-corrected chi connectivity index (χ1v) is 9.55. The Morgan fingerprint density at radius 2 is 1.64 bits per heavy atom. The summed E-state index contributed by atoms with van der Waals surface area (Å²) in [5.41, 5.74) is 0.689. The van der Waals surface area contributed by atoms with Gasteiger partial charge in [0, 0.05) is 30.7 Å². The first-order valence-electron chi connectivity index (χ1n) is 9.55. The maximum atomic E-state index is 12.5. The number of nitrogens with one attached hydrogen (secondary N) is 2. The summed E-state index contributed by atoms with van der Waals surface area (Å²) in [5, 5.41) is 6.31. The maximum Gasteiger partial charge on any atom is 0.317 e. The Labute approximate surface area is 150 Å². The van der Waals surface area contributed by atoms with Crippen molar-refractivity contribution in [3.63, 3.8) is 0 Å². The number of likely N-dealkylation sites (tertiary alicyclic amines) is 1. The fraction of sp³-hybridized carbons (Fsp3) is 0.600. The molecule has 1 aromatic carbocycles. The molecule has 0 spiro atoms. The minimum Gasteiger partial charge on any atom is -0.349 e. The maximum absolute atomic E-state index is 12.5. The molecule has 25 heavy (non-hydrogen) atoms. The number of benzene rings is 1. The summed E-state index contributed by atoms with van der Waals surface area (Å²) in [6.07, 6.45) is 6.41. The Balaban J connectivity index is 1.43. The second kappa shape index (κ2) is 8.37. The van der Waals surface area contributed by atoms with E-state index in [0.717, 1.165) is 19.3 Å². The molecule has 1 saturated carbocycles. The van der Waals surface area contributed by atoms with Gasteiger partial charge in [-0.1, -0.05) is 38.0 Å². The Morgan fingerprint density at radius 1 is 0.960 bits per heavy atom. The zero-order valence-corrected chi connectivity index (χ0v) is 15.0. The van der Waals surface area contributed by atoms with Crippen LogP contribution in [0.4, 0.5) is 4.79 Å². The van der Waals surface area contributed by atoms with E-state index in [1.165, 1.54) is 19.3 Å². The van der Waals surface area contributed by atoms with E-state index in [1.54, 1.807) is 0 Å². The first kappa shape index (κ1) is 17.8. The lowest BCUT2D eigenvalue weighted by atomic mass is 9.86. The van der Waals surface area contributed by atoms with Crippen LogP contribution in [0.15, 0.2) is 30.3 Å². The van der Waals surface area contributed by atoms with Crippen molar-refractivity contribution in [2.75, 3.05) is 13.1 Å². The van der Waals surface area contributed by atoms with E-state index in [9.17, 15) is 9.59 Å². The van der Waals surface area contributed by atoms with Gasteiger partial charge in [-0.2, -0.15) is 0 Å². The summed E-state index contributed by atoms with van der Waals surface area (Å²) in [6.45, 7) is 3.63. The third kappa shape index (κ3) is 4.74. The van der Waals surface area contributed by atoms with Gasteiger partial charge in [0.25, 0.3) is 5.91 Å². The number of amides is 3. The molecule has 1 saturated heterocycles. The number of carbonyl (C=O) groups excluding carboxylic acids is 2. The Morgan fingerprint density at radius 3 is 2.32 bits per heavy atom. The number of nitrogens with zero attached hydrogens (tertiary/aromatic N) is 1. The molecule has 1 aliphatic heterocycles. The molecule has 2 unspecified atom stereocenters. The van der Waals surface area contributed by atoms with Crippen molar-refractivity contribution in [1.82, 2.24) is 15.5 Å². The molecule has 1 heterocycles. The Bertz CT molecular complexity index is 582. The molecular weight excluding hydrogens is 314 g/mol. The van der Waals surface area contributed by atoms with Gasteiger partial charge < -0.3 is 15.5 Å². The van der Waals surface area contributed by atoms with Crippen LogP contribution in [-0.2, 0) is 0 Å². The fourth-order valence-corrected chi connectivity index (χ4v) is 3.87. The van der Waals surface area contributed by atoms with Crippen molar-refractivity contribution in [3.8, 4) is 0 Å². The predicted octanol–water partition coefficient (Wildman–Crippen LogP) is 3.17. The smallest absolute Gasteiger partial charge is 0.317 e. The van der Waals surface area contributed by atoms with Gasteiger partial charge in [-0.25, -0.2) is 4.79 Å². The van der Waals surface area contributed by atoms with Gasteiger partial charge in [0.15, 0.2) is 0 Å². The highest BCUT2D eigenvalue weighted by molar-refractivity contribution is 5.94. The van der Waals surface area contributed by atoms with E-state index < -0.39 is 0 Å².